The van der Waals surface area contributed by atoms with Gasteiger partial charge in [0.1, 0.15) is 96.7 Å². The van der Waals surface area contributed by atoms with E-state index in [0.717, 1.165) is 48.1 Å². The number of nitrogens with two attached hydrogens (primary N) is 4. The lowest BCUT2D eigenvalue weighted by molar-refractivity contribution is -0.241. The van der Waals surface area contributed by atoms with Gasteiger partial charge in [0.05, 0.1) is 39.1 Å². The molecule has 10 heterocycles. The van der Waals surface area contributed by atoms with Crippen LogP contribution >= 0.6 is 23.5 Å². The molecule has 10 rings (SSSR count). The number of aromatic amines is 1. The molecule has 6 aromatic heterocycles. The summed E-state index contributed by atoms with van der Waals surface area (Å²) in [6.07, 6.45) is -25.7. The Morgan fingerprint density at radius 2 is 0.976 bits per heavy atom. The van der Waals surface area contributed by atoms with Crippen LogP contribution in [-0.2, 0) is 59.8 Å². The first-order valence-electron chi connectivity index (χ1n) is 23.6. The van der Waals surface area contributed by atoms with Crippen molar-refractivity contribution in [2.24, 2.45) is 0 Å². The van der Waals surface area contributed by atoms with E-state index in [2.05, 4.69) is 39.9 Å². The molecule has 19 atom stereocenters. The highest BCUT2D eigenvalue weighted by molar-refractivity contribution is 7.46. The third kappa shape index (κ3) is 11.7. The summed E-state index contributed by atoms with van der Waals surface area (Å²) in [5, 5.41) is 65.9. The van der Waals surface area contributed by atoms with E-state index in [9.17, 15) is 73.4 Å². The number of fused-ring (bicyclic) bond motifs is 2. The lowest BCUT2D eigenvalue weighted by Gasteiger charge is -2.33. The minimum absolute atomic E-state index is 0.0312. The predicted molar refractivity (Wildman–Crippen MR) is 256 cm³/mol. The number of phosphoric ester groups is 3. The number of imidazole rings is 2. The van der Waals surface area contributed by atoms with Gasteiger partial charge in [-0.25, -0.2) is 29.5 Å². The average molecular weight is 1220 g/mol. The van der Waals surface area contributed by atoms with Gasteiger partial charge in [0.25, 0.3) is 29.0 Å². The largest absolute Gasteiger partial charge is 0.756 e. The highest BCUT2D eigenvalue weighted by atomic mass is 31.2. The van der Waals surface area contributed by atoms with Crippen molar-refractivity contribution in [3.05, 3.63) is 74.8 Å². The van der Waals surface area contributed by atoms with E-state index in [0.29, 0.717) is 9.13 Å². The molecule has 3 unspecified atom stereocenters. The number of aromatic nitrogens is 12. The summed E-state index contributed by atoms with van der Waals surface area (Å²) >= 11 is 0. The van der Waals surface area contributed by atoms with Crippen molar-refractivity contribution in [3.8, 4) is 0 Å². The van der Waals surface area contributed by atoms with Crippen molar-refractivity contribution in [2.75, 3.05) is 49.4 Å². The van der Waals surface area contributed by atoms with Crippen LogP contribution in [-0.4, -0.2) is 188 Å². The maximum Gasteiger partial charge on any atom is 0.351 e. The third-order valence-corrected chi connectivity index (χ3v) is 15.9. The molecule has 0 bridgehead atoms. The number of hydrogen-bond acceptors (Lipinski definition) is 36. The number of nitrogens with zero attached hydrogens (tertiary/aromatic N) is 11. The summed E-state index contributed by atoms with van der Waals surface area (Å²) in [4.78, 5) is 108. The summed E-state index contributed by atoms with van der Waals surface area (Å²) in [6.45, 7) is -4.73. The van der Waals surface area contributed by atoms with Gasteiger partial charge in [0, 0.05) is 12.4 Å². The monoisotopic (exact) mass is 1220 g/mol. The van der Waals surface area contributed by atoms with E-state index in [1.54, 1.807) is 0 Å². The van der Waals surface area contributed by atoms with Gasteiger partial charge in [-0.1, -0.05) is 0 Å². The molecule has 446 valence electrons. The van der Waals surface area contributed by atoms with E-state index in [4.69, 9.17) is 69.0 Å². The third-order valence-electron chi connectivity index (χ3n) is 13.0. The topological polar surface area (TPSA) is 615 Å². The first-order valence-corrected chi connectivity index (χ1v) is 28.0. The molecular weight excluding hydrogens is 1170 g/mol. The Morgan fingerprint density at radius 3 is 1.48 bits per heavy atom. The number of ether oxygens (including phenoxy) is 4. The van der Waals surface area contributed by atoms with Crippen molar-refractivity contribution < 1.29 is 105 Å². The molecule has 0 amide bonds. The molecule has 4 fully saturated rings. The van der Waals surface area contributed by atoms with Crippen molar-refractivity contribution in [1.29, 1.82) is 0 Å². The molecule has 0 saturated carbocycles. The maximum absolute atomic E-state index is 13.8. The van der Waals surface area contributed by atoms with E-state index in [-0.39, 0.29) is 45.7 Å². The highest BCUT2D eigenvalue weighted by Gasteiger charge is 2.53. The number of rotatable bonds is 20. The zero-order valence-electron chi connectivity index (χ0n) is 41.1. The van der Waals surface area contributed by atoms with Crippen molar-refractivity contribution in [1.82, 2.24) is 58.1 Å². The van der Waals surface area contributed by atoms with Crippen molar-refractivity contribution in [3.63, 3.8) is 0 Å². The van der Waals surface area contributed by atoms with Gasteiger partial charge in [0.2, 0.25) is 5.95 Å². The van der Waals surface area contributed by atoms with Crippen LogP contribution < -0.4 is 54.6 Å². The summed E-state index contributed by atoms with van der Waals surface area (Å²) in [6, 6.07) is 2.15. The Bertz CT molecular complexity index is 3690. The Kier molecular flexibility index (Phi) is 16.4. The first-order chi connectivity index (χ1) is 38.7. The molecule has 0 radical (unpaired) electrons. The molecule has 6 aromatic rings. The van der Waals surface area contributed by atoms with Crippen molar-refractivity contribution in [2.45, 2.75) is 98.2 Å². The minimum atomic E-state index is -6.01. The van der Waals surface area contributed by atoms with Crippen molar-refractivity contribution >= 4 is 69.2 Å². The average Bonchev–Trinajstić information content (AvgIpc) is 4.44. The number of phosphoric acid groups is 3. The number of H-pyrrole nitrogens is 1. The standard InChI is InChI=1S/C38H49N16O25P3/c39-16-1-3-51(37(62)47-16)33-23(59)26(78-80(64,65)70-6-13-20(56)21(57)32(74-13)53-10-45-18-28(41)43-9-44-29(18)53)15(76-33)8-72-82(68,69)79-27-14(75-34(24(27)60)52-4-2-17(40)48-38(52)63)7-71-81(66,67)77-25-12(5-55)73-35(22(25)58)54-11-46-19-30(54)49-36(42)50-31(19)61/h1-4,9-15,20-27,32-35,55-60H,5-8H2,(H,64,65)(H,66,67)(H,68,69)(H2,39,47,62)(H2,40,48,63)(H2,41,43,44)(H3,42,49,50,61)/p-3/t12-,13-,14-,15-,20-,21-,22-,23-,24-,25-,26-,27-,32-,33-,34-,35-/m1/s1. The number of nitrogen functional groups attached to an aromatic ring is 4. The number of aliphatic hydroxyl groups is 6. The van der Waals surface area contributed by atoms with Gasteiger partial charge in [-0.3, -0.25) is 41.7 Å². The number of anilines is 4. The Balaban J connectivity index is 0.841. The van der Waals surface area contributed by atoms with Gasteiger partial charge in [-0.05, 0) is 12.1 Å². The fourth-order valence-corrected chi connectivity index (χ4v) is 12.1. The quantitative estimate of drug-likeness (QED) is 0.0316. The van der Waals surface area contributed by atoms with E-state index >= 15 is 0 Å². The molecule has 0 aliphatic carbocycles. The number of aliphatic hydroxyl groups excluding tert-OH is 6. The predicted octanol–water partition coefficient (Wildman–Crippen LogP) is -8.20. The lowest BCUT2D eigenvalue weighted by atomic mass is 10.1. The summed E-state index contributed by atoms with van der Waals surface area (Å²) < 4.78 is 97.3. The van der Waals surface area contributed by atoms with Crippen LogP contribution in [0.2, 0.25) is 0 Å². The molecule has 41 nitrogen and oxygen atoms in total. The van der Waals surface area contributed by atoms with Crippen LogP contribution in [0.5, 0.6) is 0 Å². The Morgan fingerprint density at radius 1 is 0.549 bits per heavy atom. The van der Waals surface area contributed by atoms with Crippen LogP contribution in [0.15, 0.2) is 57.9 Å². The van der Waals surface area contributed by atoms with Crippen LogP contribution in [0.25, 0.3) is 22.3 Å². The molecular formula is C38H46N16O25P3-3. The Labute approximate surface area is 453 Å². The SMILES string of the molecule is Nc1ccn([C@@H]2O[C@H](COP(=O)([O-])O[C@H]3[C@@H](O)[C@H](n4ccc(N)nc4=O)O[C@@H]3COP(=O)([O-])O[C@H]3[C@@H](O)[C@H](n4cnc5c(=O)[nH]c(N)nc54)O[C@@H]3CO)[C@@H](OP(=O)([O-])OC[C@H]3O[C@@H](n4cnc5c(N)ncnc54)[C@H](O)[C@@H]3O)[C@H]2O)c(=O)n1. The van der Waals surface area contributed by atoms with Crippen LogP contribution in [0, 0.1) is 0 Å². The second-order valence-corrected chi connectivity index (χ2v) is 22.4. The minimum Gasteiger partial charge on any atom is -0.756 e. The van der Waals surface area contributed by atoms with Gasteiger partial charge in [0.15, 0.2) is 47.5 Å². The number of nitrogens with one attached hydrogen (secondary N) is 1. The van der Waals surface area contributed by atoms with Gasteiger partial charge in [-0.2, -0.15) is 15.0 Å². The number of hydrogen-bond donors (Lipinski definition) is 11. The maximum atomic E-state index is 13.8. The van der Waals surface area contributed by atoms with Gasteiger partial charge < -0.3 is 114 Å². The second kappa shape index (κ2) is 22.8. The molecule has 0 spiro atoms. The van der Waals surface area contributed by atoms with E-state index < -0.39 is 165 Å². The van der Waals surface area contributed by atoms with Gasteiger partial charge in [-0.15, -0.1) is 0 Å². The fourth-order valence-electron chi connectivity index (χ4n) is 9.21. The van der Waals surface area contributed by atoms with Crippen LogP contribution in [0.4, 0.5) is 23.4 Å². The zero-order chi connectivity index (χ0) is 58.9. The molecule has 82 heavy (non-hydrogen) atoms. The van der Waals surface area contributed by atoms with Gasteiger partial charge >= 0.3 is 11.4 Å². The van der Waals surface area contributed by atoms with Crippen LogP contribution in [0.3, 0.4) is 0 Å². The summed E-state index contributed by atoms with van der Waals surface area (Å²) in [5.74, 6) is -0.998. The molecule has 4 aliphatic rings. The fraction of sp³-hybridized carbons (Fsp3) is 0.526. The highest BCUT2D eigenvalue weighted by Crippen LogP contribution is 2.51. The summed E-state index contributed by atoms with van der Waals surface area (Å²) in [7, 11) is -17.6. The molecule has 0 aromatic carbocycles. The Hall–Kier alpha value is -6.21. The van der Waals surface area contributed by atoms with E-state index in [1.807, 2.05) is 0 Å². The molecule has 15 N–H and O–H groups in total. The molecule has 4 saturated heterocycles. The summed E-state index contributed by atoms with van der Waals surface area (Å²) in [5.41, 5.74) is 19.3. The van der Waals surface area contributed by atoms with E-state index in [1.165, 1.54) is 4.57 Å². The second-order valence-electron chi connectivity index (χ2n) is 18.3. The zero-order valence-corrected chi connectivity index (χ0v) is 43.8. The molecule has 4 aliphatic heterocycles. The lowest BCUT2D eigenvalue weighted by Crippen LogP contribution is -2.40. The smallest absolute Gasteiger partial charge is 0.351 e. The normalized spacial score (nSPS) is 32.5. The first kappa shape index (κ1) is 59.0. The van der Waals surface area contributed by atoms with Crippen LogP contribution in [0.1, 0.15) is 24.9 Å². The molecule has 44 heteroatoms.